The second-order valence-corrected chi connectivity index (χ2v) is 10.3. The van der Waals surface area contributed by atoms with E-state index in [4.69, 9.17) is 0 Å². The van der Waals surface area contributed by atoms with E-state index in [0.717, 1.165) is 50.3 Å². The highest BCUT2D eigenvalue weighted by Crippen LogP contribution is 2.27. The number of nitrogens with one attached hydrogen (secondary N) is 1. The average molecular weight is 515 g/mol. The molecule has 2 aliphatic rings. The SMILES string of the molecule is Cc1ccc(N2CCN(C(=O)c3ccccc3N3CCC(NC(=O)c4ccc(F)cc4)CC3)CC2)cc1C. The molecule has 38 heavy (non-hydrogen) atoms. The minimum Gasteiger partial charge on any atom is -0.371 e. The Morgan fingerprint density at radius 1 is 0.789 bits per heavy atom. The van der Waals surface area contributed by atoms with Crippen molar-refractivity contribution in [3.8, 4) is 0 Å². The Kier molecular flexibility index (Phi) is 7.63. The van der Waals surface area contributed by atoms with Crippen molar-refractivity contribution in [2.45, 2.75) is 32.7 Å². The summed E-state index contributed by atoms with van der Waals surface area (Å²) in [7, 11) is 0. The van der Waals surface area contributed by atoms with E-state index >= 15 is 0 Å². The van der Waals surface area contributed by atoms with E-state index in [1.807, 2.05) is 29.2 Å². The third-order valence-corrected chi connectivity index (χ3v) is 7.83. The Morgan fingerprint density at radius 3 is 2.16 bits per heavy atom. The van der Waals surface area contributed by atoms with Gasteiger partial charge in [0.1, 0.15) is 5.82 Å². The first-order valence-electron chi connectivity index (χ1n) is 13.4. The maximum Gasteiger partial charge on any atom is 0.256 e. The zero-order valence-corrected chi connectivity index (χ0v) is 22.1. The molecule has 7 heteroatoms. The van der Waals surface area contributed by atoms with E-state index < -0.39 is 0 Å². The molecule has 0 unspecified atom stereocenters. The number of hydrogen-bond donors (Lipinski definition) is 1. The standard InChI is InChI=1S/C31H35FN4O2/c1-22-7-12-27(21-23(22)2)34-17-19-36(20-18-34)31(38)28-5-3-4-6-29(28)35-15-13-26(14-16-35)33-30(37)24-8-10-25(32)11-9-24/h3-12,21,26H,13-20H2,1-2H3,(H,33,37). The molecule has 0 spiro atoms. The third-order valence-electron chi connectivity index (χ3n) is 7.83. The molecule has 0 radical (unpaired) electrons. The lowest BCUT2D eigenvalue weighted by molar-refractivity contribution is 0.0747. The summed E-state index contributed by atoms with van der Waals surface area (Å²) in [5.41, 5.74) is 5.95. The van der Waals surface area contributed by atoms with Gasteiger partial charge in [0, 0.05) is 62.2 Å². The Morgan fingerprint density at radius 2 is 1.47 bits per heavy atom. The smallest absolute Gasteiger partial charge is 0.256 e. The molecule has 2 amide bonds. The zero-order chi connectivity index (χ0) is 26.6. The Bertz CT molecular complexity index is 1290. The summed E-state index contributed by atoms with van der Waals surface area (Å²) < 4.78 is 13.2. The zero-order valence-electron chi connectivity index (χ0n) is 22.1. The van der Waals surface area contributed by atoms with Gasteiger partial charge in [-0.1, -0.05) is 18.2 Å². The fourth-order valence-electron chi connectivity index (χ4n) is 5.33. The fourth-order valence-corrected chi connectivity index (χ4v) is 5.33. The van der Waals surface area contributed by atoms with Gasteiger partial charge in [0.05, 0.1) is 5.56 Å². The monoisotopic (exact) mass is 514 g/mol. The number of para-hydroxylation sites is 1. The second-order valence-electron chi connectivity index (χ2n) is 10.3. The van der Waals surface area contributed by atoms with Gasteiger partial charge >= 0.3 is 0 Å². The number of aryl methyl sites for hydroxylation is 2. The summed E-state index contributed by atoms with van der Waals surface area (Å²) >= 11 is 0. The first-order valence-corrected chi connectivity index (χ1v) is 13.4. The topological polar surface area (TPSA) is 55.9 Å². The van der Waals surface area contributed by atoms with Gasteiger partial charge in [-0.25, -0.2) is 4.39 Å². The van der Waals surface area contributed by atoms with E-state index in [-0.39, 0.29) is 23.7 Å². The molecule has 2 aliphatic heterocycles. The van der Waals surface area contributed by atoms with Crippen molar-refractivity contribution < 1.29 is 14.0 Å². The largest absolute Gasteiger partial charge is 0.371 e. The first-order chi connectivity index (χ1) is 18.4. The molecule has 3 aromatic rings. The van der Waals surface area contributed by atoms with Crippen LogP contribution < -0.4 is 15.1 Å². The number of carbonyl (C=O) groups excluding carboxylic acids is 2. The van der Waals surface area contributed by atoms with Crippen molar-refractivity contribution in [3.63, 3.8) is 0 Å². The number of nitrogens with zero attached hydrogens (tertiary/aromatic N) is 3. The lowest BCUT2D eigenvalue weighted by Gasteiger charge is -2.38. The van der Waals surface area contributed by atoms with Crippen LogP contribution in [0.5, 0.6) is 0 Å². The van der Waals surface area contributed by atoms with Gasteiger partial charge < -0.3 is 20.0 Å². The summed E-state index contributed by atoms with van der Waals surface area (Å²) in [5.74, 6) is -0.461. The molecular formula is C31H35FN4O2. The number of rotatable bonds is 5. The van der Waals surface area contributed by atoms with E-state index in [1.54, 1.807) is 0 Å². The van der Waals surface area contributed by atoms with Crippen molar-refractivity contribution >= 4 is 23.2 Å². The lowest BCUT2D eigenvalue weighted by Crippen LogP contribution is -2.49. The highest BCUT2D eigenvalue weighted by atomic mass is 19.1. The summed E-state index contributed by atoms with van der Waals surface area (Å²) in [6, 6.07) is 20.1. The van der Waals surface area contributed by atoms with Gasteiger partial charge in [-0.2, -0.15) is 0 Å². The number of amides is 2. The average Bonchev–Trinajstić information content (AvgIpc) is 2.95. The van der Waals surface area contributed by atoms with Crippen LogP contribution >= 0.6 is 0 Å². The minimum atomic E-state index is -0.355. The minimum absolute atomic E-state index is 0.0464. The summed E-state index contributed by atoms with van der Waals surface area (Å²) in [5, 5.41) is 3.07. The molecule has 198 valence electrons. The quantitative estimate of drug-likeness (QED) is 0.531. The third kappa shape index (κ3) is 5.67. The van der Waals surface area contributed by atoms with Crippen LogP contribution in [0.3, 0.4) is 0 Å². The van der Waals surface area contributed by atoms with Crippen LogP contribution in [0.1, 0.15) is 44.7 Å². The molecule has 2 fully saturated rings. The maximum absolute atomic E-state index is 13.6. The van der Waals surface area contributed by atoms with Crippen LogP contribution in [0.2, 0.25) is 0 Å². The molecule has 5 rings (SSSR count). The van der Waals surface area contributed by atoms with Gasteiger partial charge in [0.2, 0.25) is 0 Å². The highest BCUT2D eigenvalue weighted by molar-refractivity contribution is 6.00. The predicted molar refractivity (Wildman–Crippen MR) is 150 cm³/mol. The molecule has 1 N–H and O–H groups in total. The summed E-state index contributed by atoms with van der Waals surface area (Å²) in [6.07, 6.45) is 1.56. The normalized spacial score (nSPS) is 16.4. The Hall–Kier alpha value is -3.87. The van der Waals surface area contributed by atoms with Gasteiger partial charge in [0.15, 0.2) is 0 Å². The molecule has 6 nitrogen and oxygen atoms in total. The van der Waals surface area contributed by atoms with Gasteiger partial charge in [-0.15, -0.1) is 0 Å². The maximum atomic E-state index is 13.6. The molecule has 0 aromatic heterocycles. The molecule has 0 atom stereocenters. The number of piperidine rings is 1. The van der Waals surface area contributed by atoms with Crippen LogP contribution in [-0.2, 0) is 0 Å². The molecular weight excluding hydrogens is 479 g/mol. The number of hydrogen-bond acceptors (Lipinski definition) is 4. The van der Waals surface area contributed by atoms with Crippen LogP contribution in [0.25, 0.3) is 0 Å². The summed E-state index contributed by atoms with van der Waals surface area (Å²) in [4.78, 5) is 32.7. The van der Waals surface area contributed by atoms with Gasteiger partial charge in [0.25, 0.3) is 11.8 Å². The van der Waals surface area contributed by atoms with Crippen molar-refractivity contribution in [3.05, 3.63) is 94.8 Å². The van der Waals surface area contributed by atoms with Gasteiger partial charge in [-0.3, -0.25) is 9.59 Å². The van der Waals surface area contributed by atoms with Crippen LogP contribution in [0.4, 0.5) is 15.8 Å². The van der Waals surface area contributed by atoms with Crippen molar-refractivity contribution in [1.29, 1.82) is 0 Å². The van der Waals surface area contributed by atoms with E-state index in [9.17, 15) is 14.0 Å². The highest BCUT2D eigenvalue weighted by Gasteiger charge is 2.28. The second kappa shape index (κ2) is 11.3. The van der Waals surface area contributed by atoms with Crippen molar-refractivity contribution in [2.75, 3.05) is 49.1 Å². The molecule has 0 bridgehead atoms. The predicted octanol–water partition coefficient (Wildman–Crippen LogP) is 4.80. The van der Waals surface area contributed by atoms with Crippen LogP contribution in [0.15, 0.2) is 66.7 Å². The molecule has 3 aromatic carbocycles. The van der Waals surface area contributed by atoms with E-state index in [1.165, 1.54) is 41.1 Å². The fraction of sp³-hybridized carbons (Fsp3) is 0.355. The summed E-state index contributed by atoms with van der Waals surface area (Å²) in [6.45, 7) is 8.77. The number of anilines is 2. The molecule has 0 saturated carbocycles. The van der Waals surface area contributed by atoms with E-state index in [0.29, 0.717) is 18.7 Å². The number of piperazine rings is 1. The Labute approximate surface area is 224 Å². The first kappa shape index (κ1) is 25.8. The number of halogens is 1. The Balaban J connectivity index is 1.18. The van der Waals surface area contributed by atoms with E-state index in [2.05, 4.69) is 47.2 Å². The van der Waals surface area contributed by atoms with Crippen LogP contribution in [-0.4, -0.2) is 62.0 Å². The molecule has 0 aliphatic carbocycles. The van der Waals surface area contributed by atoms with Crippen molar-refractivity contribution in [1.82, 2.24) is 10.2 Å². The van der Waals surface area contributed by atoms with Crippen molar-refractivity contribution in [2.24, 2.45) is 0 Å². The molecule has 2 saturated heterocycles. The number of carbonyl (C=O) groups is 2. The molecule has 2 heterocycles. The lowest BCUT2D eigenvalue weighted by atomic mass is 10.0. The van der Waals surface area contributed by atoms with Gasteiger partial charge in [-0.05, 0) is 86.3 Å². The van der Waals surface area contributed by atoms with Crippen LogP contribution in [0, 0.1) is 19.7 Å². The number of benzene rings is 3.